The zero-order valence-corrected chi connectivity index (χ0v) is 10.3. The van der Waals surface area contributed by atoms with Crippen LogP contribution in [0.3, 0.4) is 0 Å². The number of aliphatic hydroxyl groups is 1. The van der Waals surface area contributed by atoms with E-state index in [-0.39, 0.29) is 11.5 Å². The molecule has 0 bridgehead atoms. The molecule has 2 rings (SSSR count). The third-order valence-corrected chi connectivity index (χ3v) is 2.86. The summed E-state index contributed by atoms with van der Waals surface area (Å²) in [5.41, 5.74) is 3.29. The molecule has 2 heteroatoms. The van der Waals surface area contributed by atoms with E-state index in [1.54, 1.807) is 31.2 Å². The van der Waals surface area contributed by atoms with Gasteiger partial charge >= 0.3 is 0 Å². The SMILES string of the molecule is C/C=C(O)\C=C1\C=CC(c2ccc(O)cc2)=CC1. The van der Waals surface area contributed by atoms with Crippen LogP contribution >= 0.6 is 0 Å². The van der Waals surface area contributed by atoms with E-state index in [0.29, 0.717) is 0 Å². The average Bonchev–Trinajstić information content (AvgIpc) is 2.40. The van der Waals surface area contributed by atoms with Crippen LogP contribution in [0.15, 0.2) is 66.0 Å². The van der Waals surface area contributed by atoms with E-state index in [2.05, 4.69) is 6.08 Å². The molecule has 2 N–H and O–H groups in total. The molecule has 92 valence electrons. The Balaban J connectivity index is 2.15. The van der Waals surface area contributed by atoms with Gasteiger partial charge in [0.1, 0.15) is 11.5 Å². The molecule has 1 aromatic rings. The smallest absolute Gasteiger partial charge is 0.115 e. The highest BCUT2D eigenvalue weighted by Gasteiger charge is 2.04. The second-order valence-corrected chi connectivity index (χ2v) is 4.18. The highest BCUT2D eigenvalue weighted by molar-refractivity contribution is 5.76. The molecule has 0 fully saturated rings. The quantitative estimate of drug-likeness (QED) is 0.763. The summed E-state index contributed by atoms with van der Waals surface area (Å²) in [4.78, 5) is 0. The van der Waals surface area contributed by atoms with Crippen LogP contribution in [0.4, 0.5) is 0 Å². The minimum absolute atomic E-state index is 0.276. The number of rotatable bonds is 2. The number of aliphatic hydroxyl groups excluding tert-OH is 1. The Bertz CT molecular complexity index is 543. The number of hydrogen-bond donors (Lipinski definition) is 2. The summed E-state index contributed by atoms with van der Waals surface area (Å²) in [6, 6.07) is 7.15. The van der Waals surface area contributed by atoms with Crippen molar-refractivity contribution in [2.45, 2.75) is 13.3 Å². The highest BCUT2D eigenvalue weighted by Crippen LogP contribution is 2.25. The van der Waals surface area contributed by atoms with E-state index < -0.39 is 0 Å². The molecule has 0 amide bonds. The Kier molecular flexibility index (Phi) is 3.68. The number of aromatic hydroxyl groups is 1. The van der Waals surface area contributed by atoms with E-state index in [1.165, 1.54) is 0 Å². The molecule has 0 saturated carbocycles. The molecule has 1 aliphatic rings. The molecular weight excluding hydrogens is 224 g/mol. The Morgan fingerprint density at radius 1 is 1.17 bits per heavy atom. The number of allylic oxidation sites excluding steroid dienone is 7. The second kappa shape index (κ2) is 5.41. The van der Waals surface area contributed by atoms with Crippen molar-refractivity contribution in [3.63, 3.8) is 0 Å². The number of benzene rings is 1. The van der Waals surface area contributed by atoms with Crippen LogP contribution in [0.25, 0.3) is 5.57 Å². The molecule has 1 aromatic carbocycles. The van der Waals surface area contributed by atoms with Gasteiger partial charge in [0.25, 0.3) is 0 Å². The highest BCUT2D eigenvalue weighted by atomic mass is 16.3. The van der Waals surface area contributed by atoms with Crippen LogP contribution in [0, 0.1) is 0 Å². The average molecular weight is 240 g/mol. The monoisotopic (exact) mass is 240 g/mol. The predicted octanol–water partition coefficient (Wildman–Crippen LogP) is 4.12. The summed E-state index contributed by atoms with van der Waals surface area (Å²) < 4.78 is 0. The third kappa shape index (κ3) is 2.92. The molecule has 0 radical (unpaired) electrons. The van der Waals surface area contributed by atoms with Crippen molar-refractivity contribution in [2.24, 2.45) is 0 Å². The van der Waals surface area contributed by atoms with E-state index in [1.807, 2.05) is 24.3 Å². The van der Waals surface area contributed by atoms with Gasteiger partial charge in [0.2, 0.25) is 0 Å². The second-order valence-electron chi connectivity index (χ2n) is 4.18. The summed E-state index contributed by atoms with van der Waals surface area (Å²) in [6.07, 6.45) is 10.4. The Hall–Kier alpha value is -2.22. The van der Waals surface area contributed by atoms with Crippen molar-refractivity contribution in [3.05, 3.63) is 71.5 Å². The van der Waals surface area contributed by atoms with Gasteiger partial charge in [0.05, 0.1) is 0 Å². The molecular formula is C16H16O2. The molecule has 0 heterocycles. The van der Waals surface area contributed by atoms with Crippen LogP contribution in [-0.4, -0.2) is 10.2 Å². The van der Waals surface area contributed by atoms with E-state index in [0.717, 1.165) is 23.1 Å². The standard InChI is InChI=1S/C16H16O2/c1-2-15(17)11-12-3-5-13(6-4-12)14-7-9-16(18)10-8-14/h2-3,5-11,17-18H,4H2,1H3/b12-11-,15-2+. The molecule has 0 unspecified atom stereocenters. The topological polar surface area (TPSA) is 40.5 Å². The van der Waals surface area contributed by atoms with Gasteiger partial charge in [-0.05, 0) is 54.3 Å². The zero-order chi connectivity index (χ0) is 13.0. The predicted molar refractivity (Wildman–Crippen MR) is 74.3 cm³/mol. The molecule has 0 aliphatic heterocycles. The first-order valence-corrected chi connectivity index (χ1v) is 5.92. The first kappa shape index (κ1) is 12.2. The van der Waals surface area contributed by atoms with Crippen LogP contribution in [-0.2, 0) is 0 Å². The summed E-state index contributed by atoms with van der Waals surface area (Å²) in [5.74, 6) is 0.564. The van der Waals surface area contributed by atoms with Crippen molar-refractivity contribution in [1.82, 2.24) is 0 Å². The molecule has 18 heavy (non-hydrogen) atoms. The van der Waals surface area contributed by atoms with Crippen LogP contribution in [0.1, 0.15) is 18.9 Å². The van der Waals surface area contributed by atoms with Crippen LogP contribution in [0.2, 0.25) is 0 Å². The fraction of sp³-hybridized carbons (Fsp3) is 0.125. The van der Waals surface area contributed by atoms with Gasteiger partial charge in [-0.25, -0.2) is 0 Å². The summed E-state index contributed by atoms with van der Waals surface area (Å²) in [6.45, 7) is 1.80. The lowest BCUT2D eigenvalue weighted by Gasteiger charge is -2.09. The first-order valence-electron chi connectivity index (χ1n) is 5.92. The summed E-state index contributed by atoms with van der Waals surface area (Å²) >= 11 is 0. The number of hydrogen-bond acceptors (Lipinski definition) is 2. The molecule has 0 aromatic heterocycles. The fourth-order valence-corrected chi connectivity index (χ4v) is 1.81. The van der Waals surface area contributed by atoms with Gasteiger partial charge in [-0.2, -0.15) is 0 Å². The summed E-state index contributed by atoms with van der Waals surface area (Å²) in [5, 5.41) is 18.7. The van der Waals surface area contributed by atoms with Gasteiger partial charge in [0.15, 0.2) is 0 Å². The first-order chi connectivity index (χ1) is 8.69. The lowest BCUT2D eigenvalue weighted by molar-refractivity contribution is 0.430. The summed E-state index contributed by atoms with van der Waals surface area (Å²) in [7, 11) is 0. The number of phenols is 1. The molecule has 0 spiro atoms. The zero-order valence-electron chi connectivity index (χ0n) is 10.3. The minimum atomic E-state index is 0.276. The lowest BCUT2D eigenvalue weighted by atomic mass is 9.96. The number of phenolic OH excluding ortho intramolecular Hbond substituents is 1. The molecule has 0 saturated heterocycles. The maximum Gasteiger partial charge on any atom is 0.115 e. The molecule has 2 nitrogen and oxygen atoms in total. The van der Waals surface area contributed by atoms with Gasteiger partial charge in [-0.15, -0.1) is 0 Å². The normalized spacial score (nSPS) is 17.9. The van der Waals surface area contributed by atoms with E-state index in [4.69, 9.17) is 0 Å². The van der Waals surface area contributed by atoms with E-state index >= 15 is 0 Å². The van der Waals surface area contributed by atoms with Crippen LogP contribution < -0.4 is 0 Å². The van der Waals surface area contributed by atoms with E-state index in [9.17, 15) is 10.2 Å². The van der Waals surface area contributed by atoms with Gasteiger partial charge in [-0.1, -0.05) is 30.4 Å². The van der Waals surface area contributed by atoms with Gasteiger partial charge in [-0.3, -0.25) is 0 Å². The third-order valence-electron chi connectivity index (χ3n) is 2.86. The minimum Gasteiger partial charge on any atom is -0.508 e. The Morgan fingerprint density at radius 3 is 2.44 bits per heavy atom. The Labute approximate surface area is 107 Å². The van der Waals surface area contributed by atoms with Crippen molar-refractivity contribution in [2.75, 3.05) is 0 Å². The van der Waals surface area contributed by atoms with Gasteiger partial charge < -0.3 is 10.2 Å². The van der Waals surface area contributed by atoms with Gasteiger partial charge in [0, 0.05) is 0 Å². The molecule has 0 atom stereocenters. The van der Waals surface area contributed by atoms with Crippen molar-refractivity contribution in [1.29, 1.82) is 0 Å². The Morgan fingerprint density at radius 2 is 1.89 bits per heavy atom. The van der Waals surface area contributed by atoms with Crippen LogP contribution in [0.5, 0.6) is 5.75 Å². The fourth-order valence-electron chi connectivity index (χ4n) is 1.81. The maximum atomic E-state index is 9.43. The molecule has 1 aliphatic carbocycles. The lowest BCUT2D eigenvalue weighted by Crippen LogP contribution is -1.89. The van der Waals surface area contributed by atoms with Crippen molar-refractivity contribution < 1.29 is 10.2 Å². The maximum absolute atomic E-state index is 9.43. The van der Waals surface area contributed by atoms with Crippen molar-refractivity contribution in [3.8, 4) is 5.75 Å². The van der Waals surface area contributed by atoms with Crippen molar-refractivity contribution >= 4 is 5.57 Å². The largest absolute Gasteiger partial charge is 0.508 e.